The third-order valence-corrected chi connectivity index (χ3v) is 5.54. The molecule has 3 heterocycles. The number of hydrogen-bond acceptors (Lipinski definition) is 6. The van der Waals surface area contributed by atoms with E-state index in [4.69, 9.17) is 9.47 Å². The van der Waals surface area contributed by atoms with Gasteiger partial charge in [-0.05, 0) is 18.2 Å². The molecule has 8 nitrogen and oxygen atoms in total. The number of ether oxygens (including phenoxy) is 2. The molecule has 1 spiro atoms. The Bertz CT molecular complexity index is 758. The lowest BCUT2D eigenvalue weighted by molar-refractivity contribution is -0.119. The number of nitrogens with one attached hydrogen (secondary N) is 2. The van der Waals surface area contributed by atoms with Crippen molar-refractivity contribution >= 4 is 23.4 Å². The summed E-state index contributed by atoms with van der Waals surface area (Å²) in [5, 5.41) is 6.03. The highest BCUT2D eigenvalue weighted by atomic mass is 19.1. The van der Waals surface area contributed by atoms with Crippen LogP contribution in [0.2, 0.25) is 0 Å². The van der Waals surface area contributed by atoms with Crippen LogP contribution in [0.3, 0.4) is 0 Å². The third kappa shape index (κ3) is 3.77. The van der Waals surface area contributed by atoms with Crippen LogP contribution in [-0.4, -0.2) is 63.2 Å². The first-order chi connectivity index (χ1) is 13.5. The normalized spacial score (nSPS) is 23.9. The molecule has 9 heteroatoms. The molecule has 1 aromatic rings. The van der Waals surface area contributed by atoms with Gasteiger partial charge in [-0.1, -0.05) is 0 Å². The molecule has 4 rings (SSSR count). The number of benzene rings is 1. The van der Waals surface area contributed by atoms with E-state index in [-0.39, 0.29) is 30.5 Å². The first-order valence-electron chi connectivity index (χ1n) is 9.62. The fourth-order valence-electron chi connectivity index (χ4n) is 4.02. The second kappa shape index (κ2) is 7.56. The SMILES string of the molecule is CC(=O)NCC1CN(c2ccc(N3CCC4(CC3)NCCO4)c(F)c2)C(=O)O1. The minimum Gasteiger partial charge on any atom is -0.442 e. The minimum absolute atomic E-state index is 0.189. The minimum atomic E-state index is -0.535. The van der Waals surface area contributed by atoms with E-state index >= 15 is 0 Å². The van der Waals surface area contributed by atoms with Crippen molar-refractivity contribution in [1.29, 1.82) is 0 Å². The fraction of sp³-hybridized carbons (Fsp3) is 0.579. The summed E-state index contributed by atoms with van der Waals surface area (Å²) in [6.45, 7) is 4.90. The number of piperidine rings is 1. The quantitative estimate of drug-likeness (QED) is 0.801. The number of carbonyl (C=O) groups excluding carboxylic acids is 2. The summed E-state index contributed by atoms with van der Waals surface area (Å²) >= 11 is 0. The van der Waals surface area contributed by atoms with Crippen LogP contribution in [0, 0.1) is 5.82 Å². The van der Waals surface area contributed by atoms with Gasteiger partial charge in [-0.2, -0.15) is 0 Å². The van der Waals surface area contributed by atoms with Crippen molar-refractivity contribution in [3.05, 3.63) is 24.0 Å². The topological polar surface area (TPSA) is 83.1 Å². The summed E-state index contributed by atoms with van der Waals surface area (Å²) in [5.41, 5.74) is 0.722. The number of anilines is 2. The molecule has 152 valence electrons. The molecule has 3 aliphatic rings. The van der Waals surface area contributed by atoms with E-state index in [2.05, 4.69) is 10.6 Å². The predicted molar refractivity (Wildman–Crippen MR) is 101 cm³/mol. The number of nitrogens with zero attached hydrogens (tertiary/aromatic N) is 2. The van der Waals surface area contributed by atoms with E-state index < -0.39 is 12.2 Å². The first kappa shape index (κ1) is 18.9. The van der Waals surface area contributed by atoms with Gasteiger partial charge in [0.2, 0.25) is 5.91 Å². The lowest BCUT2D eigenvalue weighted by atomic mass is 10.00. The summed E-state index contributed by atoms with van der Waals surface area (Å²) < 4.78 is 25.9. The Balaban J connectivity index is 1.41. The van der Waals surface area contributed by atoms with Gasteiger partial charge < -0.3 is 19.7 Å². The Kier molecular flexibility index (Phi) is 5.11. The lowest BCUT2D eigenvalue weighted by Gasteiger charge is -2.39. The summed E-state index contributed by atoms with van der Waals surface area (Å²) in [4.78, 5) is 26.5. The van der Waals surface area contributed by atoms with Crippen LogP contribution in [0.4, 0.5) is 20.6 Å². The standard InChI is InChI=1S/C19H25FN4O4/c1-13(25)21-11-15-12-24(18(26)28-15)14-2-3-17(16(20)10-14)23-7-4-19(5-8-23)22-6-9-27-19/h2-3,10,15,22H,4-9,11-12H2,1H3,(H,21,25). The summed E-state index contributed by atoms with van der Waals surface area (Å²) in [5.74, 6) is -0.557. The highest BCUT2D eigenvalue weighted by Gasteiger charge is 2.39. The van der Waals surface area contributed by atoms with Gasteiger partial charge in [-0.25, -0.2) is 9.18 Å². The number of rotatable bonds is 4. The van der Waals surface area contributed by atoms with Crippen LogP contribution < -0.4 is 20.4 Å². The molecule has 1 unspecified atom stereocenters. The Morgan fingerprint density at radius 2 is 2.18 bits per heavy atom. The molecule has 0 aromatic heterocycles. The average molecular weight is 392 g/mol. The maximum Gasteiger partial charge on any atom is 0.414 e. The van der Waals surface area contributed by atoms with E-state index in [1.807, 2.05) is 4.90 Å². The molecule has 28 heavy (non-hydrogen) atoms. The van der Waals surface area contributed by atoms with Crippen LogP contribution >= 0.6 is 0 Å². The van der Waals surface area contributed by atoms with Gasteiger partial charge >= 0.3 is 6.09 Å². The maximum absolute atomic E-state index is 14.8. The Morgan fingerprint density at radius 1 is 1.39 bits per heavy atom. The molecule has 3 aliphatic heterocycles. The van der Waals surface area contributed by atoms with E-state index in [9.17, 15) is 14.0 Å². The first-order valence-corrected chi connectivity index (χ1v) is 9.62. The molecule has 1 atom stereocenters. The van der Waals surface area contributed by atoms with Gasteiger partial charge in [-0.3, -0.25) is 15.0 Å². The molecule has 0 radical (unpaired) electrons. The fourth-order valence-corrected chi connectivity index (χ4v) is 4.02. The van der Waals surface area contributed by atoms with Gasteiger partial charge in [0.15, 0.2) is 0 Å². The highest BCUT2D eigenvalue weighted by molar-refractivity contribution is 5.90. The Morgan fingerprint density at radius 3 is 2.82 bits per heavy atom. The Labute approximate surface area is 162 Å². The second-order valence-electron chi connectivity index (χ2n) is 7.45. The van der Waals surface area contributed by atoms with Crippen molar-refractivity contribution in [1.82, 2.24) is 10.6 Å². The van der Waals surface area contributed by atoms with Crippen molar-refractivity contribution in [2.75, 3.05) is 49.1 Å². The molecule has 3 saturated heterocycles. The van der Waals surface area contributed by atoms with Crippen LogP contribution in [0.5, 0.6) is 0 Å². The molecule has 1 aromatic carbocycles. The average Bonchev–Trinajstić information content (AvgIpc) is 3.28. The van der Waals surface area contributed by atoms with Crippen LogP contribution in [-0.2, 0) is 14.3 Å². The van der Waals surface area contributed by atoms with Crippen LogP contribution in [0.25, 0.3) is 0 Å². The van der Waals surface area contributed by atoms with Crippen molar-refractivity contribution in [3.8, 4) is 0 Å². The van der Waals surface area contributed by atoms with Crippen molar-refractivity contribution < 1.29 is 23.5 Å². The summed E-state index contributed by atoms with van der Waals surface area (Å²) in [6, 6.07) is 4.81. The smallest absolute Gasteiger partial charge is 0.414 e. The van der Waals surface area contributed by atoms with Crippen LogP contribution in [0.1, 0.15) is 19.8 Å². The molecule has 3 fully saturated rings. The van der Waals surface area contributed by atoms with E-state index in [0.29, 0.717) is 24.5 Å². The number of halogens is 1. The van der Waals surface area contributed by atoms with E-state index in [1.165, 1.54) is 17.9 Å². The molecule has 0 saturated carbocycles. The lowest BCUT2D eigenvalue weighted by Crippen LogP contribution is -2.51. The van der Waals surface area contributed by atoms with Crippen molar-refractivity contribution in [3.63, 3.8) is 0 Å². The van der Waals surface area contributed by atoms with Gasteiger partial charge in [0.1, 0.15) is 17.6 Å². The monoisotopic (exact) mass is 392 g/mol. The highest BCUT2D eigenvalue weighted by Crippen LogP contribution is 2.32. The number of hydrogen-bond donors (Lipinski definition) is 2. The second-order valence-corrected chi connectivity index (χ2v) is 7.45. The largest absolute Gasteiger partial charge is 0.442 e. The molecule has 2 N–H and O–H groups in total. The van der Waals surface area contributed by atoms with E-state index in [0.717, 1.165) is 26.0 Å². The van der Waals surface area contributed by atoms with Gasteiger partial charge in [0, 0.05) is 39.4 Å². The maximum atomic E-state index is 14.8. The molecule has 0 aliphatic carbocycles. The van der Waals surface area contributed by atoms with Crippen molar-refractivity contribution in [2.45, 2.75) is 31.6 Å². The zero-order valence-corrected chi connectivity index (χ0v) is 15.9. The zero-order chi connectivity index (χ0) is 19.7. The molecular weight excluding hydrogens is 367 g/mol. The zero-order valence-electron chi connectivity index (χ0n) is 15.9. The summed E-state index contributed by atoms with van der Waals surface area (Å²) in [7, 11) is 0. The molecule has 0 bridgehead atoms. The molecule has 2 amide bonds. The van der Waals surface area contributed by atoms with E-state index in [1.54, 1.807) is 12.1 Å². The summed E-state index contributed by atoms with van der Waals surface area (Å²) in [6.07, 6.45) is 0.623. The van der Waals surface area contributed by atoms with Gasteiger partial charge in [0.25, 0.3) is 0 Å². The third-order valence-electron chi connectivity index (χ3n) is 5.54. The molecular formula is C19H25FN4O4. The number of carbonyl (C=O) groups is 2. The predicted octanol–water partition coefficient (Wildman–Crippen LogP) is 1.20. The number of cyclic esters (lactones) is 1. The van der Waals surface area contributed by atoms with Gasteiger partial charge in [-0.15, -0.1) is 0 Å². The van der Waals surface area contributed by atoms with Crippen molar-refractivity contribution in [2.24, 2.45) is 0 Å². The van der Waals surface area contributed by atoms with Gasteiger partial charge in [0.05, 0.1) is 31.1 Å². The van der Waals surface area contributed by atoms with Crippen LogP contribution in [0.15, 0.2) is 18.2 Å². The Hall–Kier alpha value is -2.39. The number of amides is 2.